The number of sulfonamides is 1. The van der Waals surface area contributed by atoms with Crippen LogP contribution in [0, 0.1) is 27.7 Å². The third kappa shape index (κ3) is 4.34. The monoisotopic (exact) mass is 403 g/mol. The minimum atomic E-state index is -3.68. The number of anilines is 1. The average molecular weight is 404 g/mol. The van der Waals surface area contributed by atoms with E-state index in [9.17, 15) is 8.42 Å². The maximum Gasteiger partial charge on any atom is 0.262 e. The lowest BCUT2D eigenvalue weighted by Gasteiger charge is -2.13. The Hall–Kier alpha value is -2.31. The molecule has 0 saturated carbocycles. The van der Waals surface area contributed by atoms with Gasteiger partial charge in [-0.3, -0.25) is 9.40 Å². The van der Waals surface area contributed by atoms with Gasteiger partial charge in [0.2, 0.25) is 0 Å². The number of halogens is 1. The predicted molar refractivity (Wildman–Crippen MR) is 109 cm³/mol. The summed E-state index contributed by atoms with van der Waals surface area (Å²) in [4.78, 5) is 0.233. The predicted octanol–water partition coefficient (Wildman–Crippen LogP) is 4.62. The molecule has 3 rings (SSSR count). The van der Waals surface area contributed by atoms with Gasteiger partial charge in [-0.05, 0) is 74.7 Å². The quantitative estimate of drug-likeness (QED) is 0.676. The number of benzene rings is 2. The molecule has 5 nitrogen and oxygen atoms in total. The maximum atomic E-state index is 12.7. The lowest BCUT2D eigenvalue weighted by Crippen LogP contribution is -2.14. The second-order valence-corrected chi connectivity index (χ2v) is 8.81. The van der Waals surface area contributed by atoms with E-state index in [2.05, 4.69) is 9.82 Å². The number of nitrogens with one attached hydrogen (secondary N) is 1. The Balaban J connectivity index is 1.80. The van der Waals surface area contributed by atoms with Gasteiger partial charge in [0.05, 0.1) is 17.1 Å². The largest absolute Gasteiger partial charge is 0.280 e. The van der Waals surface area contributed by atoms with Crippen molar-refractivity contribution >= 4 is 27.3 Å². The summed E-state index contributed by atoms with van der Waals surface area (Å²) in [5.41, 5.74) is 4.96. The van der Waals surface area contributed by atoms with Crippen LogP contribution in [0.15, 0.2) is 47.4 Å². The fourth-order valence-electron chi connectivity index (χ4n) is 2.94. The minimum absolute atomic E-state index is 0.233. The Kier molecular flexibility index (Phi) is 5.31. The highest BCUT2D eigenvalue weighted by Gasteiger charge is 2.18. The van der Waals surface area contributed by atoms with Crippen molar-refractivity contribution in [2.45, 2.75) is 39.1 Å². The van der Waals surface area contributed by atoms with Crippen molar-refractivity contribution in [2.24, 2.45) is 0 Å². The van der Waals surface area contributed by atoms with E-state index >= 15 is 0 Å². The van der Waals surface area contributed by atoms with Gasteiger partial charge in [-0.25, -0.2) is 8.42 Å². The fraction of sp³-hybridized carbons (Fsp3) is 0.250. The third-order valence-electron chi connectivity index (χ3n) is 4.39. The third-order valence-corrected chi connectivity index (χ3v) is 6.32. The first-order valence-corrected chi connectivity index (χ1v) is 10.4. The summed E-state index contributed by atoms with van der Waals surface area (Å²) in [7, 11) is -3.68. The summed E-state index contributed by atoms with van der Waals surface area (Å²) in [6.07, 6.45) is 0. The van der Waals surface area contributed by atoms with Gasteiger partial charge in [-0.15, -0.1) is 0 Å². The molecular weight excluding hydrogens is 382 g/mol. The lowest BCUT2D eigenvalue weighted by atomic mass is 10.2. The normalized spacial score (nSPS) is 11.6. The highest BCUT2D eigenvalue weighted by molar-refractivity contribution is 7.92. The van der Waals surface area contributed by atoms with E-state index in [-0.39, 0.29) is 4.90 Å². The Labute approximate surface area is 165 Å². The van der Waals surface area contributed by atoms with Crippen molar-refractivity contribution in [3.05, 3.63) is 75.6 Å². The van der Waals surface area contributed by atoms with Crippen LogP contribution in [0.2, 0.25) is 5.02 Å². The van der Waals surface area contributed by atoms with E-state index in [1.165, 1.54) is 0 Å². The van der Waals surface area contributed by atoms with Gasteiger partial charge < -0.3 is 0 Å². The SMILES string of the molecule is Cc1cc(C)n(Cc2ccc(NS(=O)(=O)c3cc(C)c(Cl)cc3C)cc2)n1. The van der Waals surface area contributed by atoms with E-state index < -0.39 is 10.0 Å². The first-order valence-electron chi connectivity index (χ1n) is 8.55. The van der Waals surface area contributed by atoms with Crippen molar-refractivity contribution in [1.82, 2.24) is 9.78 Å². The lowest BCUT2D eigenvalue weighted by molar-refractivity contribution is 0.600. The van der Waals surface area contributed by atoms with Gasteiger partial charge >= 0.3 is 0 Å². The molecule has 0 aliphatic rings. The summed E-state index contributed by atoms with van der Waals surface area (Å²) < 4.78 is 30.0. The summed E-state index contributed by atoms with van der Waals surface area (Å²) in [5, 5.41) is 5.00. The molecule has 0 unspecified atom stereocenters. The van der Waals surface area contributed by atoms with Gasteiger partial charge in [0.1, 0.15) is 0 Å². The number of hydrogen-bond acceptors (Lipinski definition) is 3. The molecule has 7 heteroatoms. The van der Waals surface area contributed by atoms with E-state index in [1.54, 1.807) is 38.1 Å². The van der Waals surface area contributed by atoms with Crippen molar-refractivity contribution < 1.29 is 8.42 Å². The van der Waals surface area contributed by atoms with Crippen molar-refractivity contribution in [3.63, 3.8) is 0 Å². The highest BCUT2D eigenvalue weighted by atomic mass is 35.5. The zero-order valence-corrected chi connectivity index (χ0v) is 17.3. The molecule has 1 N–H and O–H groups in total. The summed E-state index contributed by atoms with van der Waals surface area (Å²) in [6, 6.07) is 12.6. The van der Waals surface area contributed by atoms with Crippen LogP contribution in [0.25, 0.3) is 0 Å². The summed E-state index contributed by atoms with van der Waals surface area (Å²) >= 11 is 6.07. The summed E-state index contributed by atoms with van der Waals surface area (Å²) in [5.74, 6) is 0. The molecule has 0 aliphatic carbocycles. The van der Waals surface area contributed by atoms with E-state index in [4.69, 9.17) is 11.6 Å². The number of hydrogen-bond donors (Lipinski definition) is 1. The number of nitrogens with zero attached hydrogens (tertiary/aromatic N) is 2. The van der Waals surface area contributed by atoms with Gasteiger partial charge in [0, 0.05) is 16.4 Å². The molecule has 142 valence electrons. The van der Waals surface area contributed by atoms with Gasteiger partial charge in [-0.2, -0.15) is 5.10 Å². The Bertz CT molecular complexity index is 1090. The van der Waals surface area contributed by atoms with E-state index in [0.29, 0.717) is 22.8 Å². The zero-order chi connectivity index (χ0) is 19.8. The molecule has 1 heterocycles. The summed E-state index contributed by atoms with van der Waals surface area (Å²) in [6.45, 7) is 8.13. The van der Waals surface area contributed by atoms with E-state index in [1.807, 2.05) is 36.7 Å². The van der Waals surface area contributed by atoms with Gasteiger partial charge in [0.15, 0.2) is 0 Å². The first-order chi connectivity index (χ1) is 12.7. The molecule has 0 fully saturated rings. The minimum Gasteiger partial charge on any atom is -0.280 e. The molecule has 0 bridgehead atoms. The second-order valence-electron chi connectivity index (χ2n) is 6.75. The Morgan fingerprint density at radius 1 is 1.00 bits per heavy atom. The van der Waals surface area contributed by atoms with E-state index in [0.717, 1.165) is 22.5 Å². The van der Waals surface area contributed by atoms with Crippen molar-refractivity contribution in [3.8, 4) is 0 Å². The molecule has 0 radical (unpaired) electrons. The smallest absolute Gasteiger partial charge is 0.262 e. The molecule has 0 atom stereocenters. The average Bonchev–Trinajstić information content (AvgIpc) is 2.89. The molecule has 0 saturated heterocycles. The van der Waals surface area contributed by atoms with Crippen LogP contribution in [0.3, 0.4) is 0 Å². The molecule has 3 aromatic rings. The number of aryl methyl sites for hydroxylation is 4. The molecule has 27 heavy (non-hydrogen) atoms. The zero-order valence-electron chi connectivity index (χ0n) is 15.7. The maximum absolute atomic E-state index is 12.7. The number of rotatable bonds is 5. The molecule has 2 aromatic carbocycles. The standard InChI is InChI=1S/C20H22ClN3O2S/c1-13-10-20(14(2)9-19(13)21)27(25,26)23-18-7-5-17(6-8-18)12-24-16(4)11-15(3)22-24/h5-11,23H,12H2,1-4H3. The van der Waals surface area contributed by atoms with Crippen LogP contribution in [0.1, 0.15) is 28.1 Å². The molecule has 0 spiro atoms. The molecule has 1 aromatic heterocycles. The Morgan fingerprint density at radius 3 is 2.26 bits per heavy atom. The van der Waals surface area contributed by atoms with Gasteiger partial charge in [-0.1, -0.05) is 23.7 Å². The van der Waals surface area contributed by atoms with Gasteiger partial charge in [0.25, 0.3) is 10.0 Å². The van der Waals surface area contributed by atoms with Crippen LogP contribution < -0.4 is 4.72 Å². The van der Waals surface area contributed by atoms with Crippen LogP contribution in [-0.2, 0) is 16.6 Å². The van der Waals surface area contributed by atoms with Crippen molar-refractivity contribution in [1.29, 1.82) is 0 Å². The van der Waals surface area contributed by atoms with Crippen LogP contribution in [0.5, 0.6) is 0 Å². The fourth-order valence-corrected chi connectivity index (χ4v) is 4.53. The van der Waals surface area contributed by atoms with Crippen molar-refractivity contribution in [2.75, 3.05) is 4.72 Å². The van der Waals surface area contributed by atoms with Crippen LogP contribution in [0.4, 0.5) is 5.69 Å². The molecular formula is C20H22ClN3O2S. The second kappa shape index (κ2) is 7.37. The molecule has 0 aliphatic heterocycles. The highest BCUT2D eigenvalue weighted by Crippen LogP contribution is 2.25. The van der Waals surface area contributed by atoms with Crippen LogP contribution >= 0.6 is 11.6 Å². The van der Waals surface area contributed by atoms with Crippen LogP contribution in [-0.4, -0.2) is 18.2 Å². The topological polar surface area (TPSA) is 64.0 Å². The number of aromatic nitrogens is 2. The Morgan fingerprint density at radius 2 is 1.67 bits per heavy atom. The molecule has 0 amide bonds. The first kappa shape index (κ1) is 19.5.